The SMILES string of the molecule is COc1cccc(/C(O)=C2/C(=O)C(=O)N(c3ccc(F)c(F)c3)C2c2cccc3ccccc23)c1. The highest BCUT2D eigenvalue weighted by atomic mass is 19.2. The lowest BCUT2D eigenvalue weighted by Crippen LogP contribution is -2.29. The summed E-state index contributed by atoms with van der Waals surface area (Å²) in [5.41, 5.74) is 0.660. The highest BCUT2D eigenvalue weighted by Crippen LogP contribution is 2.44. The number of ketones is 1. The van der Waals surface area contributed by atoms with Crippen LogP contribution in [0.15, 0.2) is 90.5 Å². The zero-order chi connectivity index (χ0) is 24.7. The molecule has 5 rings (SSSR count). The Morgan fingerprint density at radius 2 is 1.63 bits per heavy atom. The van der Waals surface area contributed by atoms with Crippen molar-refractivity contribution in [3.05, 3.63) is 113 Å². The standard InChI is InChI=1S/C28H19F2NO4/c1-35-19-9-4-8-17(14-19)26(32)24-25(21-11-5-7-16-6-2-3-10-20(16)21)31(28(34)27(24)33)18-12-13-22(29)23(30)15-18/h2-15,25,32H,1H3/b26-24-. The molecule has 1 heterocycles. The van der Waals surface area contributed by atoms with Crippen molar-refractivity contribution in [1.82, 2.24) is 0 Å². The molecule has 5 nitrogen and oxygen atoms in total. The fraction of sp³-hybridized carbons (Fsp3) is 0.0714. The molecule has 1 fully saturated rings. The number of rotatable bonds is 4. The van der Waals surface area contributed by atoms with Gasteiger partial charge in [0.05, 0.1) is 18.7 Å². The molecule has 0 aliphatic carbocycles. The Hall–Kier alpha value is -4.52. The molecule has 35 heavy (non-hydrogen) atoms. The molecule has 1 aliphatic rings. The Bertz CT molecular complexity index is 1520. The van der Waals surface area contributed by atoms with Gasteiger partial charge >= 0.3 is 0 Å². The highest BCUT2D eigenvalue weighted by Gasteiger charge is 2.47. The van der Waals surface area contributed by atoms with Gasteiger partial charge in [-0.05, 0) is 40.6 Å². The number of methoxy groups -OCH3 is 1. The van der Waals surface area contributed by atoms with Gasteiger partial charge in [-0.25, -0.2) is 8.78 Å². The molecule has 0 saturated carbocycles. The van der Waals surface area contributed by atoms with E-state index in [1.807, 2.05) is 30.3 Å². The van der Waals surface area contributed by atoms with Crippen LogP contribution in [0.1, 0.15) is 17.2 Å². The van der Waals surface area contributed by atoms with Gasteiger partial charge in [0, 0.05) is 17.3 Å². The van der Waals surface area contributed by atoms with Gasteiger partial charge in [0.2, 0.25) is 0 Å². The lowest BCUT2D eigenvalue weighted by atomic mass is 9.91. The minimum absolute atomic E-state index is 0.00590. The quantitative estimate of drug-likeness (QED) is 0.234. The molecule has 0 aromatic heterocycles. The Kier molecular flexibility index (Phi) is 5.53. The summed E-state index contributed by atoms with van der Waals surface area (Å²) in [6, 6.07) is 21.1. The number of hydrogen-bond donors (Lipinski definition) is 1. The summed E-state index contributed by atoms with van der Waals surface area (Å²) in [6.45, 7) is 0. The first kappa shape index (κ1) is 22.3. The number of amides is 1. The summed E-state index contributed by atoms with van der Waals surface area (Å²) >= 11 is 0. The molecule has 1 atom stereocenters. The van der Waals surface area contributed by atoms with Crippen LogP contribution in [0.3, 0.4) is 0 Å². The maximum Gasteiger partial charge on any atom is 0.300 e. The number of anilines is 1. The largest absolute Gasteiger partial charge is 0.507 e. The molecule has 0 bridgehead atoms. The van der Waals surface area contributed by atoms with Crippen molar-refractivity contribution in [2.75, 3.05) is 12.0 Å². The Labute approximate surface area is 199 Å². The van der Waals surface area contributed by atoms with Crippen LogP contribution in [0.4, 0.5) is 14.5 Å². The van der Waals surface area contributed by atoms with E-state index in [0.717, 1.165) is 27.8 Å². The highest BCUT2D eigenvalue weighted by molar-refractivity contribution is 6.51. The van der Waals surface area contributed by atoms with Gasteiger partial charge in [0.15, 0.2) is 11.6 Å². The van der Waals surface area contributed by atoms with Crippen LogP contribution in [0.25, 0.3) is 16.5 Å². The van der Waals surface area contributed by atoms with Crippen LogP contribution in [0, 0.1) is 11.6 Å². The van der Waals surface area contributed by atoms with E-state index >= 15 is 0 Å². The van der Waals surface area contributed by atoms with E-state index in [-0.39, 0.29) is 16.8 Å². The van der Waals surface area contributed by atoms with E-state index in [1.54, 1.807) is 36.4 Å². The minimum atomic E-state index is -1.16. The second-order valence-corrected chi connectivity index (χ2v) is 8.07. The van der Waals surface area contributed by atoms with Gasteiger partial charge in [-0.15, -0.1) is 0 Å². The van der Waals surface area contributed by atoms with Crippen LogP contribution in [0.5, 0.6) is 5.75 Å². The number of halogens is 2. The molecular formula is C28H19F2NO4. The Morgan fingerprint density at radius 3 is 2.40 bits per heavy atom. The van der Waals surface area contributed by atoms with Crippen molar-refractivity contribution in [2.24, 2.45) is 0 Å². The molecule has 4 aromatic rings. The van der Waals surface area contributed by atoms with Gasteiger partial charge in [-0.3, -0.25) is 14.5 Å². The molecule has 1 amide bonds. The lowest BCUT2D eigenvalue weighted by Gasteiger charge is -2.26. The summed E-state index contributed by atoms with van der Waals surface area (Å²) in [5, 5.41) is 12.9. The van der Waals surface area contributed by atoms with E-state index < -0.39 is 35.1 Å². The van der Waals surface area contributed by atoms with Crippen molar-refractivity contribution in [3.63, 3.8) is 0 Å². The van der Waals surface area contributed by atoms with E-state index in [0.29, 0.717) is 11.3 Å². The molecule has 4 aromatic carbocycles. The molecule has 7 heteroatoms. The third-order valence-corrected chi connectivity index (χ3v) is 6.09. The van der Waals surface area contributed by atoms with Crippen LogP contribution in [-0.4, -0.2) is 23.9 Å². The predicted molar refractivity (Wildman–Crippen MR) is 128 cm³/mol. The average Bonchev–Trinajstić information content (AvgIpc) is 3.15. The van der Waals surface area contributed by atoms with Crippen molar-refractivity contribution >= 4 is 33.9 Å². The fourth-order valence-electron chi connectivity index (χ4n) is 4.44. The van der Waals surface area contributed by atoms with Crippen molar-refractivity contribution < 1.29 is 28.2 Å². The average molecular weight is 471 g/mol. The molecule has 1 saturated heterocycles. The Morgan fingerprint density at radius 1 is 0.886 bits per heavy atom. The van der Waals surface area contributed by atoms with Gasteiger partial charge in [0.1, 0.15) is 11.5 Å². The summed E-state index contributed by atoms with van der Waals surface area (Å²) in [6.07, 6.45) is 0. The smallest absolute Gasteiger partial charge is 0.300 e. The molecular weight excluding hydrogens is 452 g/mol. The number of nitrogens with zero attached hydrogens (tertiary/aromatic N) is 1. The summed E-state index contributed by atoms with van der Waals surface area (Å²) in [4.78, 5) is 27.7. The van der Waals surface area contributed by atoms with E-state index in [4.69, 9.17) is 4.74 Å². The van der Waals surface area contributed by atoms with Gasteiger partial charge in [-0.2, -0.15) is 0 Å². The van der Waals surface area contributed by atoms with E-state index in [1.165, 1.54) is 13.2 Å². The maximum atomic E-state index is 14.2. The summed E-state index contributed by atoms with van der Waals surface area (Å²) in [7, 11) is 1.47. The number of aliphatic hydroxyl groups is 1. The number of Topliss-reactive ketones (excluding diaryl/α,β-unsaturated/α-hetero) is 1. The second-order valence-electron chi connectivity index (χ2n) is 8.07. The third kappa shape index (κ3) is 3.71. The first-order valence-electron chi connectivity index (χ1n) is 10.8. The number of ether oxygens (including phenoxy) is 1. The molecule has 0 radical (unpaired) electrons. The van der Waals surface area contributed by atoms with Crippen LogP contribution >= 0.6 is 0 Å². The van der Waals surface area contributed by atoms with Gasteiger partial charge < -0.3 is 9.84 Å². The predicted octanol–water partition coefficient (Wildman–Crippen LogP) is 5.75. The summed E-state index contributed by atoms with van der Waals surface area (Å²) < 4.78 is 33.1. The number of carbonyl (C=O) groups excluding carboxylic acids is 2. The first-order valence-corrected chi connectivity index (χ1v) is 10.8. The molecule has 174 valence electrons. The number of benzene rings is 4. The van der Waals surface area contributed by atoms with E-state index in [2.05, 4.69) is 0 Å². The van der Waals surface area contributed by atoms with E-state index in [9.17, 15) is 23.5 Å². The normalized spacial score (nSPS) is 17.2. The van der Waals surface area contributed by atoms with Crippen molar-refractivity contribution in [1.29, 1.82) is 0 Å². The first-order chi connectivity index (χ1) is 16.9. The van der Waals surface area contributed by atoms with Crippen LogP contribution in [-0.2, 0) is 9.59 Å². The van der Waals surface area contributed by atoms with Crippen molar-refractivity contribution in [3.8, 4) is 5.75 Å². The minimum Gasteiger partial charge on any atom is -0.507 e. The zero-order valence-corrected chi connectivity index (χ0v) is 18.5. The summed E-state index contributed by atoms with van der Waals surface area (Å²) in [5.74, 6) is -4.08. The number of aliphatic hydroxyl groups excluding tert-OH is 1. The number of hydrogen-bond acceptors (Lipinski definition) is 4. The molecule has 0 spiro atoms. The third-order valence-electron chi connectivity index (χ3n) is 6.09. The van der Waals surface area contributed by atoms with Crippen molar-refractivity contribution in [2.45, 2.75) is 6.04 Å². The zero-order valence-electron chi connectivity index (χ0n) is 18.5. The lowest BCUT2D eigenvalue weighted by molar-refractivity contribution is -0.132. The van der Waals surface area contributed by atoms with Gasteiger partial charge in [-0.1, -0.05) is 54.6 Å². The fourth-order valence-corrected chi connectivity index (χ4v) is 4.44. The topological polar surface area (TPSA) is 66.8 Å². The monoisotopic (exact) mass is 471 g/mol. The van der Waals surface area contributed by atoms with Gasteiger partial charge in [0.25, 0.3) is 11.7 Å². The molecule has 1 aliphatic heterocycles. The van der Waals surface area contributed by atoms with Crippen LogP contribution < -0.4 is 9.64 Å². The second kappa shape index (κ2) is 8.68. The Balaban J connectivity index is 1.81. The maximum absolute atomic E-state index is 14.2. The molecule has 1 unspecified atom stereocenters. The van der Waals surface area contributed by atoms with Crippen LogP contribution in [0.2, 0.25) is 0 Å². The molecule has 1 N–H and O–H groups in total. The number of fused-ring (bicyclic) bond motifs is 1. The number of carbonyl (C=O) groups is 2.